The van der Waals surface area contributed by atoms with Gasteiger partial charge in [-0.2, -0.15) is 0 Å². The summed E-state index contributed by atoms with van der Waals surface area (Å²) in [4.78, 5) is 4.17. The van der Waals surface area contributed by atoms with E-state index in [4.69, 9.17) is 4.11 Å². The van der Waals surface area contributed by atoms with E-state index in [1.165, 1.54) is 11.1 Å². The Labute approximate surface area is 351 Å². The number of hydrogen-bond acceptors (Lipinski definition) is 2. The van der Waals surface area contributed by atoms with E-state index in [0.29, 0.717) is 11.4 Å². The lowest BCUT2D eigenvalue weighted by Gasteiger charge is -2.33. The molecule has 1 aromatic heterocycles. The highest BCUT2D eigenvalue weighted by Gasteiger charge is 2.52. The molecule has 0 saturated heterocycles. The number of nitrogens with zero attached hydrogens (tertiary/aromatic N) is 3. The van der Waals surface area contributed by atoms with Crippen LogP contribution in [0.5, 0.6) is 0 Å². The number of hydrogen-bond donors (Lipinski definition) is 0. The van der Waals surface area contributed by atoms with E-state index < -0.39 is 11.5 Å². The van der Waals surface area contributed by atoms with Crippen molar-refractivity contribution in [2.24, 2.45) is 7.05 Å². The maximum Gasteiger partial charge on any atom is 0.0727 e. The van der Waals surface area contributed by atoms with Crippen LogP contribution in [-0.4, -0.2) is 4.57 Å². The van der Waals surface area contributed by atoms with Crippen molar-refractivity contribution in [3.8, 4) is 22.3 Å². The monoisotopic (exact) mass is 758 g/mol. The van der Waals surface area contributed by atoms with Gasteiger partial charge in [0, 0.05) is 63.0 Å². The van der Waals surface area contributed by atoms with Crippen molar-refractivity contribution < 1.29 is 6.85 Å². The number of rotatable bonds is 6. The molecule has 2 aliphatic rings. The van der Waals surface area contributed by atoms with E-state index in [1.54, 1.807) is 0 Å². The Balaban J connectivity index is 1.15. The van der Waals surface area contributed by atoms with Crippen molar-refractivity contribution in [2.75, 3.05) is 9.80 Å². The van der Waals surface area contributed by atoms with Crippen molar-refractivity contribution >= 4 is 55.9 Å². The molecule has 0 amide bonds. The minimum absolute atomic E-state index is 0.0889. The fraction of sp³-hybridized carbons (Fsp3) is 0.0357. The van der Waals surface area contributed by atoms with Crippen molar-refractivity contribution in [3.63, 3.8) is 0 Å². The summed E-state index contributed by atoms with van der Waals surface area (Å²) in [5, 5.41) is 2.08. The van der Waals surface area contributed by atoms with E-state index in [9.17, 15) is 2.74 Å². The SMILES string of the molecule is [2H]c1c([2H])c([2H])c(N(c2ccc3c(c2)C2(c4ccccc4-c4ccc(N(c5ccccc5)c5ccccc5)cc42)c2ccccc2-3)c2ccc3c(c2)c2ccccc2n3C)c([2H])c1[2H]. The maximum atomic E-state index is 9.36. The first-order valence-electron chi connectivity index (χ1n) is 22.5. The van der Waals surface area contributed by atoms with E-state index in [2.05, 4.69) is 168 Å². The van der Waals surface area contributed by atoms with Crippen LogP contribution in [0.1, 0.15) is 29.1 Å². The Hall–Kier alpha value is -7.62. The van der Waals surface area contributed by atoms with Gasteiger partial charge in [-0.15, -0.1) is 0 Å². The summed E-state index contributed by atoms with van der Waals surface area (Å²) in [6.45, 7) is 0. The summed E-state index contributed by atoms with van der Waals surface area (Å²) in [5.41, 5.74) is 15.0. The lowest BCUT2D eigenvalue weighted by atomic mass is 9.70. The average molecular weight is 759 g/mol. The van der Waals surface area contributed by atoms with Crippen LogP contribution in [-0.2, 0) is 12.5 Å². The third-order valence-electron chi connectivity index (χ3n) is 12.5. The quantitative estimate of drug-likeness (QED) is 0.167. The predicted molar refractivity (Wildman–Crippen MR) is 246 cm³/mol. The van der Waals surface area contributed by atoms with Crippen LogP contribution in [0.2, 0.25) is 0 Å². The molecule has 0 bridgehead atoms. The van der Waals surface area contributed by atoms with Gasteiger partial charge in [0.2, 0.25) is 0 Å². The van der Waals surface area contributed by atoms with Crippen LogP contribution in [0.3, 0.4) is 0 Å². The second-order valence-electron chi connectivity index (χ2n) is 15.4. The highest BCUT2D eigenvalue weighted by molar-refractivity contribution is 6.09. The summed E-state index contributed by atoms with van der Waals surface area (Å²) >= 11 is 0. The van der Waals surface area contributed by atoms with Crippen molar-refractivity contribution in [1.29, 1.82) is 0 Å². The molecule has 0 aliphatic heterocycles. The Kier molecular flexibility index (Phi) is 6.31. The van der Waals surface area contributed by atoms with Gasteiger partial charge in [-0.05, 0) is 129 Å². The number of para-hydroxylation sites is 4. The predicted octanol–water partition coefficient (Wildman–Crippen LogP) is 14.6. The molecule has 0 radical (unpaired) electrons. The molecule has 9 aromatic carbocycles. The zero-order chi connectivity index (χ0) is 43.4. The lowest BCUT2D eigenvalue weighted by Crippen LogP contribution is -2.26. The van der Waals surface area contributed by atoms with Gasteiger partial charge in [-0.1, -0.05) is 133 Å². The molecule has 0 fully saturated rings. The Morgan fingerprint density at radius 1 is 0.373 bits per heavy atom. The number of aromatic nitrogens is 1. The van der Waals surface area contributed by atoms with Crippen LogP contribution in [0.15, 0.2) is 218 Å². The first-order chi connectivity index (χ1) is 31.3. The summed E-state index contributed by atoms with van der Waals surface area (Å²) in [5.74, 6) is 0. The van der Waals surface area contributed by atoms with Gasteiger partial charge in [0.05, 0.1) is 12.3 Å². The van der Waals surface area contributed by atoms with Crippen LogP contribution in [0.25, 0.3) is 44.1 Å². The minimum Gasteiger partial charge on any atom is -0.344 e. The van der Waals surface area contributed by atoms with Gasteiger partial charge in [0.15, 0.2) is 0 Å². The number of aryl methyl sites for hydroxylation is 1. The number of anilines is 6. The smallest absolute Gasteiger partial charge is 0.0727 e. The molecule has 2 aliphatic carbocycles. The second kappa shape index (κ2) is 13.0. The molecule has 0 saturated carbocycles. The molecule has 3 nitrogen and oxygen atoms in total. The molecule has 1 unspecified atom stereocenters. The van der Waals surface area contributed by atoms with E-state index in [-0.39, 0.29) is 29.9 Å². The zero-order valence-electron chi connectivity index (χ0n) is 37.2. The fourth-order valence-corrected chi connectivity index (χ4v) is 10.1. The third kappa shape index (κ3) is 4.82. The molecule has 3 heteroatoms. The highest BCUT2D eigenvalue weighted by atomic mass is 15.1. The molecule has 278 valence electrons. The van der Waals surface area contributed by atoms with Gasteiger partial charge in [-0.3, -0.25) is 0 Å². The topological polar surface area (TPSA) is 11.4 Å². The maximum absolute atomic E-state index is 9.36. The van der Waals surface area contributed by atoms with Gasteiger partial charge in [0.25, 0.3) is 0 Å². The summed E-state index contributed by atoms with van der Waals surface area (Å²) in [6, 6.07) is 64.2. The average Bonchev–Trinajstić information content (AvgIpc) is 3.92. The van der Waals surface area contributed by atoms with Gasteiger partial charge in [0.1, 0.15) is 0 Å². The van der Waals surface area contributed by atoms with Crippen molar-refractivity contribution in [3.05, 3.63) is 241 Å². The normalized spacial score (nSPS) is 15.8. The van der Waals surface area contributed by atoms with Crippen LogP contribution < -0.4 is 9.80 Å². The van der Waals surface area contributed by atoms with E-state index >= 15 is 0 Å². The van der Waals surface area contributed by atoms with Crippen LogP contribution >= 0.6 is 0 Å². The summed E-state index contributed by atoms with van der Waals surface area (Å²) in [6.07, 6.45) is 0. The zero-order valence-corrected chi connectivity index (χ0v) is 32.2. The highest BCUT2D eigenvalue weighted by Crippen LogP contribution is 2.64. The molecule has 1 heterocycles. The van der Waals surface area contributed by atoms with Gasteiger partial charge < -0.3 is 14.4 Å². The lowest BCUT2D eigenvalue weighted by molar-refractivity contribution is 0.793. The molecule has 1 spiro atoms. The third-order valence-corrected chi connectivity index (χ3v) is 12.5. The van der Waals surface area contributed by atoms with Gasteiger partial charge >= 0.3 is 0 Å². The Morgan fingerprint density at radius 2 is 0.831 bits per heavy atom. The summed E-state index contributed by atoms with van der Waals surface area (Å²) < 4.78 is 47.1. The van der Waals surface area contributed by atoms with E-state index in [1.807, 2.05) is 41.3 Å². The second-order valence-corrected chi connectivity index (χ2v) is 15.4. The van der Waals surface area contributed by atoms with Crippen LogP contribution in [0, 0.1) is 0 Å². The standard InChI is InChI=1S/C56H39N3/c1-57-54-28-16-13-25-48(54)49-35-41(31-34-55(49)57)59(40-21-9-4-10-22-40)43-30-33-47-45-24-12-15-27-51(45)56(53(47)37-43)50-26-14-11-23-44(50)46-32-29-42(36-52(46)56)58(38-17-5-2-6-18-38)39-19-7-3-8-20-39/h2-37H,1H3/i4D,9D,10D,21D,22D. The Bertz CT molecular complexity index is 3470. The molecular weight excluding hydrogens is 715 g/mol. The molecule has 0 N–H and O–H groups in total. The van der Waals surface area contributed by atoms with Crippen molar-refractivity contribution in [2.45, 2.75) is 5.41 Å². The van der Waals surface area contributed by atoms with Gasteiger partial charge in [-0.25, -0.2) is 0 Å². The number of benzene rings is 9. The number of fused-ring (bicyclic) bond motifs is 13. The molecule has 12 rings (SSSR count). The first kappa shape index (κ1) is 28.7. The van der Waals surface area contributed by atoms with E-state index in [0.717, 1.165) is 72.2 Å². The van der Waals surface area contributed by atoms with Crippen LogP contribution in [0.4, 0.5) is 34.1 Å². The fourth-order valence-electron chi connectivity index (χ4n) is 10.1. The minimum atomic E-state index is -0.756. The molecule has 1 atom stereocenters. The summed E-state index contributed by atoms with van der Waals surface area (Å²) in [7, 11) is 2.05. The molecular formula is C56H39N3. The largest absolute Gasteiger partial charge is 0.344 e. The van der Waals surface area contributed by atoms with Crippen molar-refractivity contribution in [1.82, 2.24) is 4.57 Å². The first-order valence-corrected chi connectivity index (χ1v) is 20.0. The Morgan fingerprint density at radius 3 is 1.44 bits per heavy atom. The molecule has 59 heavy (non-hydrogen) atoms. The molecule has 10 aromatic rings.